The summed E-state index contributed by atoms with van der Waals surface area (Å²) in [4.78, 5) is 10.7. The molecule has 1 aliphatic rings. The molecule has 1 saturated heterocycles. The van der Waals surface area contributed by atoms with E-state index >= 15 is 0 Å². The predicted octanol–water partition coefficient (Wildman–Crippen LogP) is 0.488. The molecule has 4 heteroatoms. The molecule has 0 aliphatic carbocycles. The molecule has 3 nitrogen and oxygen atoms in total. The van der Waals surface area contributed by atoms with Gasteiger partial charge in [-0.25, -0.2) is 0 Å². The third kappa shape index (κ3) is 2.09. The van der Waals surface area contributed by atoms with Crippen LogP contribution in [0.25, 0.3) is 0 Å². The van der Waals surface area contributed by atoms with Gasteiger partial charge in [0.25, 0.3) is 0 Å². The fourth-order valence-electron chi connectivity index (χ4n) is 0.956. The van der Waals surface area contributed by atoms with Crippen LogP contribution in [0.1, 0.15) is 12.8 Å². The molecule has 1 fully saturated rings. The molecule has 1 rings (SSSR count). The third-order valence-corrected chi connectivity index (χ3v) is 2.39. The average Bonchev–Trinajstić information content (AvgIpc) is 1.85. The maximum absolute atomic E-state index is 10.7. The van der Waals surface area contributed by atoms with Crippen LogP contribution in [0, 0.1) is 0 Å². The number of halogens is 1. The summed E-state index contributed by atoms with van der Waals surface area (Å²) in [6.45, 7) is 0. The minimum Gasteiger partial charge on any atom is -0.461 e. The summed E-state index contributed by atoms with van der Waals surface area (Å²) in [5.41, 5.74) is 0. The van der Waals surface area contributed by atoms with Crippen molar-refractivity contribution < 1.29 is 14.6 Å². The summed E-state index contributed by atoms with van der Waals surface area (Å²) in [7, 11) is 0. The van der Waals surface area contributed by atoms with Crippen molar-refractivity contribution in [3.05, 3.63) is 0 Å². The number of rotatable bonds is 1. The second-order valence-electron chi connectivity index (χ2n) is 2.36. The Bertz CT molecular complexity index is 137. The molecule has 0 aromatic heterocycles. The van der Waals surface area contributed by atoms with Gasteiger partial charge in [-0.15, -0.1) is 0 Å². The maximum atomic E-state index is 10.7. The van der Waals surface area contributed by atoms with Crippen molar-refractivity contribution in [1.82, 2.24) is 0 Å². The van der Waals surface area contributed by atoms with Crippen LogP contribution in [0.15, 0.2) is 0 Å². The number of aliphatic hydroxyl groups is 1. The van der Waals surface area contributed by atoms with Crippen LogP contribution in [0.3, 0.4) is 0 Å². The van der Waals surface area contributed by atoms with E-state index in [1.54, 1.807) is 0 Å². The van der Waals surface area contributed by atoms with E-state index < -0.39 is 6.10 Å². The first-order valence-electron chi connectivity index (χ1n) is 3.16. The lowest BCUT2D eigenvalue weighted by molar-refractivity contribution is -0.157. The molecule has 0 saturated carbocycles. The third-order valence-electron chi connectivity index (χ3n) is 1.41. The highest BCUT2D eigenvalue weighted by Gasteiger charge is 2.25. The molecule has 0 amide bonds. The zero-order chi connectivity index (χ0) is 7.56. The molecule has 2 atom stereocenters. The minimum atomic E-state index is -0.485. The molecule has 0 radical (unpaired) electrons. The number of alkyl halides is 1. The molecular weight excluding hydrogens is 247 g/mol. The van der Waals surface area contributed by atoms with Crippen molar-refractivity contribution in [2.75, 3.05) is 4.43 Å². The monoisotopic (exact) mass is 256 g/mol. The van der Waals surface area contributed by atoms with Crippen LogP contribution in [-0.2, 0) is 9.53 Å². The van der Waals surface area contributed by atoms with Crippen molar-refractivity contribution in [3.8, 4) is 0 Å². The largest absolute Gasteiger partial charge is 0.461 e. The molecule has 0 bridgehead atoms. The number of ether oxygens (including phenoxy) is 1. The van der Waals surface area contributed by atoms with Gasteiger partial charge >= 0.3 is 5.97 Å². The summed E-state index contributed by atoms with van der Waals surface area (Å²) >= 11 is 2.14. The van der Waals surface area contributed by atoms with Crippen LogP contribution in [0.4, 0.5) is 0 Å². The molecule has 2 unspecified atom stereocenters. The van der Waals surface area contributed by atoms with Crippen LogP contribution < -0.4 is 0 Å². The number of hydrogen-bond acceptors (Lipinski definition) is 3. The Morgan fingerprint density at radius 2 is 2.50 bits per heavy atom. The lowest BCUT2D eigenvalue weighted by atomic mass is 10.1. The van der Waals surface area contributed by atoms with Crippen molar-refractivity contribution in [2.24, 2.45) is 0 Å². The number of aliphatic hydroxyl groups excluding tert-OH is 1. The van der Waals surface area contributed by atoms with Crippen molar-refractivity contribution in [3.63, 3.8) is 0 Å². The average molecular weight is 256 g/mol. The van der Waals surface area contributed by atoms with Gasteiger partial charge in [-0.1, -0.05) is 22.6 Å². The van der Waals surface area contributed by atoms with Gasteiger partial charge in [0.2, 0.25) is 0 Å². The highest BCUT2D eigenvalue weighted by Crippen LogP contribution is 2.16. The lowest BCUT2D eigenvalue weighted by Gasteiger charge is -2.23. The summed E-state index contributed by atoms with van der Waals surface area (Å²) in [5.74, 6) is -0.277. The van der Waals surface area contributed by atoms with Crippen LogP contribution in [0.5, 0.6) is 0 Å². The Hall–Kier alpha value is 0.160. The quantitative estimate of drug-likeness (QED) is 0.422. The summed E-state index contributed by atoms with van der Waals surface area (Å²) in [6.07, 6.45) is 0.194. The highest BCUT2D eigenvalue weighted by molar-refractivity contribution is 14.1. The van der Waals surface area contributed by atoms with Crippen molar-refractivity contribution in [2.45, 2.75) is 25.0 Å². The van der Waals surface area contributed by atoms with Gasteiger partial charge < -0.3 is 9.84 Å². The second-order valence-corrected chi connectivity index (χ2v) is 3.24. The van der Waals surface area contributed by atoms with E-state index in [0.29, 0.717) is 6.42 Å². The minimum absolute atomic E-state index is 0.0724. The SMILES string of the molecule is O=C1CC(O)CC(CI)O1. The van der Waals surface area contributed by atoms with Crippen LogP contribution in [0.2, 0.25) is 0 Å². The van der Waals surface area contributed by atoms with E-state index in [-0.39, 0.29) is 18.5 Å². The van der Waals surface area contributed by atoms with E-state index in [0.717, 1.165) is 4.43 Å². The van der Waals surface area contributed by atoms with E-state index in [2.05, 4.69) is 22.6 Å². The van der Waals surface area contributed by atoms with Gasteiger partial charge in [-0.3, -0.25) is 4.79 Å². The number of carbonyl (C=O) groups is 1. The molecule has 0 aromatic rings. The normalized spacial score (nSPS) is 33.6. The molecule has 1 heterocycles. The number of cyclic esters (lactones) is 1. The van der Waals surface area contributed by atoms with Crippen LogP contribution in [-0.4, -0.2) is 27.7 Å². The van der Waals surface area contributed by atoms with Gasteiger partial charge in [0, 0.05) is 10.8 Å². The van der Waals surface area contributed by atoms with Crippen molar-refractivity contribution in [1.29, 1.82) is 0 Å². The predicted molar refractivity (Wildman–Crippen MR) is 44.0 cm³/mol. The summed E-state index contributed by atoms with van der Waals surface area (Å²) in [6, 6.07) is 0. The highest BCUT2D eigenvalue weighted by atomic mass is 127. The van der Waals surface area contributed by atoms with E-state index in [9.17, 15) is 4.79 Å². The Labute approximate surface area is 72.9 Å². The Kier molecular flexibility index (Phi) is 2.91. The molecule has 1 N–H and O–H groups in total. The van der Waals surface area contributed by atoms with Gasteiger partial charge in [0.15, 0.2) is 0 Å². The maximum Gasteiger partial charge on any atom is 0.308 e. The van der Waals surface area contributed by atoms with Crippen LogP contribution >= 0.6 is 22.6 Å². The van der Waals surface area contributed by atoms with Gasteiger partial charge in [0.05, 0.1) is 12.5 Å². The van der Waals surface area contributed by atoms with E-state index in [4.69, 9.17) is 9.84 Å². The Morgan fingerprint density at radius 3 is 3.00 bits per heavy atom. The van der Waals surface area contributed by atoms with Gasteiger partial charge in [-0.2, -0.15) is 0 Å². The fraction of sp³-hybridized carbons (Fsp3) is 0.833. The fourth-order valence-corrected chi connectivity index (χ4v) is 1.50. The Balaban J connectivity index is 2.42. The standard InChI is InChI=1S/C6H9IO3/c7-3-5-1-4(8)2-6(9)10-5/h4-5,8H,1-3H2. The first kappa shape index (κ1) is 8.26. The molecule has 1 aliphatic heterocycles. The summed E-state index contributed by atoms with van der Waals surface area (Å²) in [5, 5.41) is 9.08. The number of esters is 1. The van der Waals surface area contributed by atoms with Gasteiger partial charge in [0.1, 0.15) is 6.10 Å². The Morgan fingerprint density at radius 1 is 1.80 bits per heavy atom. The first-order valence-corrected chi connectivity index (χ1v) is 4.68. The van der Waals surface area contributed by atoms with Gasteiger partial charge in [-0.05, 0) is 0 Å². The molecule has 0 aromatic carbocycles. The van der Waals surface area contributed by atoms with E-state index in [1.807, 2.05) is 0 Å². The molecule has 0 spiro atoms. The number of carbonyl (C=O) groups excluding carboxylic acids is 1. The zero-order valence-corrected chi connectivity index (χ0v) is 7.58. The topological polar surface area (TPSA) is 46.5 Å². The first-order chi connectivity index (χ1) is 4.72. The summed E-state index contributed by atoms with van der Waals surface area (Å²) < 4.78 is 5.66. The second kappa shape index (κ2) is 3.52. The zero-order valence-electron chi connectivity index (χ0n) is 5.42. The smallest absolute Gasteiger partial charge is 0.308 e. The molecular formula is C6H9IO3. The lowest BCUT2D eigenvalue weighted by Crippen LogP contribution is -2.33. The molecule has 58 valence electrons. The van der Waals surface area contributed by atoms with Crippen molar-refractivity contribution >= 4 is 28.6 Å². The number of hydrogen-bond donors (Lipinski definition) is 1. The van der Waals surface area contributed by atoms with E-state index in [1.165, 1.54) is 0 Å². The molecule has 10 heavy (non-hydrogen) atoms.